The van der Waals surface area contributed by atoms with Crippen molar-refractivity contribution in [2.45, 2.75) is 52.7 Å². The van der Waals surface area contributed by atoms with E-state index < -0.39 is 23.4 Å². The minimum absolute atomic E-state index is 0.0856. The first-order valence-corrected chi connectivity index (χ1v) is 11.0. The van der Waals surface area contributed by atoms with Crippen LogP contribution in [-0.2, 0) is 9.47 Å². The molecular weight excluding hydrogens is 490 g/mol. The monoisotopic (exact) mass is 515 g/mol. The van der Waals surface area contributed by atoms with Gasteiger partial charge in [-0.2, -0.15) is 0 Å². The first-order chi connectivity index (χ1) is 15.3. The molecule has 1 aromatic carbocycles. The Morgan fingerprint density at radius 3 is 2.18 bits per heavy atom. The van der Waals surface area contributed by atoms with E-state index in [2.05, 4.69) is 36.2 Å². The molecule has 0 bridgehead atoms. The summed E-state index contributed by atoms with van der Waals surface area (Å²) in [6, 6.07) is 9.30. The van der Waals surface area contributed by atoms with Gasteiger partial charge in [0.25, 0.3) is 0 Å². The van der Waals surface area contributed by atoms with Crippen molar-refractivity contribution in [3.05, 3.63) is 47.3 Å². The normalized spacial score (nSPS) is 11.7. The lowest BCUT2D eigenvalue weighted by molar-refractivity contribution is 0.0541. The van der Waals surface area contributed by atoms with Crippen LogP contribution in [0.5, 0.6) is 0 Å². The van der Waals surface area contributed by atoms with Crippen molar-refractivity contribution in [2.24, 2.45) is 0 Å². The maximum atomic E-state index is 13.2. The number of imidazole rings is 1. The fourth-order valence-corrected chi connectivity index (χ4v) is 3.12. The summed E-state index contributed by atoms with van der Waals surface area (Å²) in [6.45, 7) is 10.6. The smallest absolute Gasteiger partial charge is 0.420 e. The first-order valence-electron chi connectivity index (χ1n) is 10.2. The average Bonchev–Trinajstić information content (AvgIpc) is 3.12. The van der Waals surface area contributed by atoms with Gasteiger partial charge in [0.2, 0.25) is 0 Å². The molecule has 10 heteroatoms. The zero-order chi connectivity index (χ0) is 24.4. The second-order valence-electron chi connectivity index (χ2n) is 9.17. The van der Waals surface area contributed by atoms with Crippen molar-refractivity contribution in [2.75, 3.05) is 5.32 Å². The molecule has 1 N–H and O–H groups in total. The van der Waals surface area contributed by atoms with Gasteiger partial charge < -0.3 is 9.47 Å². The molecule has 33 heavy (non-hydrogen) atoms. The number of carbonyl (C=O) groups excluding carboxylic acids is 2. The molecule has 0 aliphatic rings. The molecule has 0 spiro atoms. The van der Waals surface area contributed by atoms with Crippen LogP contribution in [0.1, 0.15) is 41.5 Å². The van der Waals surface area contributed by atoms with Gasteiger partial charge in [0.1, 0.15) is 15.8 Å². The Morgan fingerprint density at radius 2 is 1.58 bits per heavy atom. The van der Waals surface area contributed by atoms with Gasteiger partial charge in [-0.3, -0.25) is 5.32 Å². The number of rotatable bonds is 3. The maximum absolute atomic E-state index is 13.2. The predicted octanol–water partition coefficient (Wildman–Crippen LogP) is 5.90. The molecule has 2 heterocycles. The van der Waals surface area contributed by atoms with Crippen molar-refractivity contribution in [3.63, 3.8) is 0 Å². The quantitative estimate of drug-likeness (QED) is 0.462. The van der Waals surface area contributed by atoms with Crippen LogP contribution in [0.3, 0.4) is 0 Å². The topological polar surface area (TPSA) is 108 Å². The molecule has 0 aliphatic heterocycles. The highest BCUT2D eigenvalue weighted by molar-refractivity contribution is 9.10. The van der Waals surface area contributed by atoms with Crippen LogP contribution >= 0.6 is 15.9 Å². The number of anilines is 1. The molecule has 0 radical (unpaired) electrons. The van der Waals surface area contributed by atoms with Crippen LogP contribution < -0.4 is 5.32 Å². The highest BCUT2D eigenvalue weighted by atomic mass is 79.9. The van der Waals surface area contributed by atoms with Gasteiger partial charge in [-0.1, -0.05) is 30.3 Å². The summed E-state index contributed by atoms with van der Waals surface area (Å²) in [7, 11) is 0. The van der Waals surface area contributed by atoms with E-state index in [1.54, 1.807) is 47.7 Å². The number of nitrogens with one attached hydrogen (secondary N) is 1. The van der Waals surface area contributed by atoms with Crippen molar-refractivity contribution < 1.29 is 19.1 Å². The van der Waals surface area contributed by atoms with E-state index in [1.807, 2.05) is 30.3 Å². The van der Waals surface area contributed by atoms with E-state index in [0.29, 0.717) is 10.3 Å². The molecule has 2 aromatic heterocycles. The first kappa shape index (κ1) is 24.4. The molecule has 1 amide bonds. The van der Waals surface area contributed by atoms with Crippen molar-refractivity contribution in [1.29, 1.82) is 0 Å². The number of amides is 1. The zero-order valence-electron chi connectivity index (χ0n) is 19.3. The molecule has 0 saturated heterocycles. The Bertz CT molecular complexity index is 1160. The largest absolute Gasteiger partial charge is 0.444 e. The summed E-state index contributed by atoms with van der Waals surface area (Å²) < 4.78 is 12.7. The van der Waals surface area contributed by atoms with Gasteiger partial charge >= 0.3 is 12.2 Å². The van der Waals surface area contributed by atoms with Crippen molar-refractivity contribution in [1.82, 2.24) is 19.5 Å². The SMILES string of the molecule is CC(C)(C)OC(=O)Nc1ncc(Br)nc1-c1ncc(-c2ccccc2)n1C(=O)OC(C)(C)C. The molecular formula is C23H26BrN5O4. The fourth-order valence-electron chi connectivity index (χ4n) is 2.84. The summed E-state index contributed by atoms with van der Waals surface area (Å²) in [5, 5.41) is 2.60. The number of hydrogen-bond donors (Lipinski definition) is 1. The van der Waals surface area contributed by atoms with Crippen LogP contribution in [0, 0.1) is 0 Å². The Balaban J connectivity index is 2.15. The van der Waals surface area contributed by atoms with E-state index >= 15 is 0 Å². The highest BCUT2D eigenvalue weighted by Crippen LogP contribution is 2.31. The molecule has 9 nitrogen and oxygen atoms in total. The van der Waals surface area contributed by atoms with Gasteiger partial charge in [0.15, 0.2) is 17.3 Å². The number of hydrogen-bond acceptors (Lipinski definition) is 7. The summed E-state index contributed by atoms with van der Waals surface area (Å²) >= 11 is 3.30. The van der Waals surface area contributed by atoms with E-state index in [0.717, 1.165) is 5.56 Å². The molecule has 0 unspecified atom stereocenters. The zero-order valence-corrected chi connectivity index (χ0v) is 20.9. The second-order valence-corrected chi connectivity index (χ2v) is 9.98. The highest BCUT2D eigenvalue weighted by Gasteiger charge is 2.28. The lowest BCUT2D eigenvalue weighted by Crippen LogP contribution is -2.29. The minimum atomic E-state index is -0.743. The van der Waals surface area contributed by atoms with Crippen LogP contribution in [0.2, 0.25) is 0 Å². The lowest BCUT2D eigenvalue weighted by atomic mass is 10.2. The summed E-state index contributed by atoms with van der Waals surface area (Å²) in [4.78, 5) is 38.8. The van der Waals surface area contributed by atoms with Gasteiger partial charge in [0.05, 0.1) is 18.1 Å². The van der Waals surface area contributed by atoms with Gasteiger partial charge in [0, 0.05) is 5.56 Å². The summed E-state index contributed by atoms with van der Waals surface area (Å²) in [5.74, 6) is 0.241. The molecule has 0 saturated carbocycles. The van der Waals surface area contributed by atoms with E-state index in [9.17, 15) is 9.59 Å². The maximum Gasteiger partial charge on any atom is 0.420 e. The Hall–Kier alpha value is -3.27. The molecule has 0 aliphatic carbocycles. The van der Waals surface area contributed by atoms with Gasteiger partial charge in [-0.15, -0.1) is 0 Å². The van der Waals surface area contributed by atoms with Crippen LogP contribution in [0.15, 0.2) is 47.3 Å². The molecule has 0 fully saturated rings. The van der Waals surface area contributed by atoms with Gasteiger partial charge in [-0.05, 0) is 57.5 Å². The van der Waals surface area contributed by atoms with Crippen LogP contribution in [0.4, 0.5) is 15.4 Å². The van der Waals surface area contributed by atoms with Crippen molar-refractivity contribution >= 4 is 33.9 Å². The fraction of sp³-hybridized carbons (Fsp3) is 0.348. The Labute approximate surface area is 200 Å². The summed E-state index contributed by atoms with van der Waals surface area (Å²) in [5.41, 5.74) is -0.0184. The number of ether oxygens (including phenoxy) is 2. The molecule has 0 atom stereocenters. The molecule has 3 aromatic rings. The number of carbonyl (C=O) groups is 2. The Morgan fingerprint density at radius 1 is 0.939 bits per heavy atom. The predicted molar refractivity (Wildman–Crippen MR) is 128 cm³/mol. The van der Waals surface area contributed by atoms with Crippen molar-refractivity contribution in [3.8, 4) is 22.8 Å². The third kappa shape index (κ3) is 6.38. The second kappa shape index (κ2) is 9.30. The number of halogens is 1. The van der Waals surface area contributed by atoms with E-state index in [1.165, 1.54) is 10.8 Å². The van der Waals surface area contributed by atoms with E-state index in [-0.39, 0.29) is 17.3 Å². The average molecular weight is 516 g/mol. The lowest BCUT2D eigenvalue weighted by Gasteiger charge is -2.22. The van der Waals surface area contributed by atoms with E-state index in [4.69, 9.17) is 9.47 Å². The third-order valence-corrected chi connectivity index (χ3v) is 4.36. The van der Waals surface area contributed by atoms with Crippen LogP contribution in [-0.4, -0.2) is 42.9 Å². The number of benzene rings is 1. The number of aromatic nitrogens is 4. The van der Waals surface area contributed by atoms with Crippen LogP contribution in [0.25, 0.3) is 22.8 Å². The standard InChI is InChI=1S/C23H26BrN5O4/c1-22(2,3)32-20(30)28-18-17(27-16(24)13-25-18)19-26-12-15(14-10-8-7-9-11-14)29(19)21(31)33-23(4,5)6/h7-13H,1-6H3,(H,25,28,30). The number of nitrogens with zero attached hydrogens (tertiary/aromatic N) is 4. The third-order valence-electron chi connectivity index (χ3n) is 3.98. The Kier molecular flexibility index (Phi) is 6.87. The molecule has 3 rings (SSSR count). The minimum Gasteiger partial charge on any atom is -0.444 e. The molecule has 174 valence electrons. The summed E-state index contributed by atoms with van der Waals surface area (Å²) in [6.07, 6.45) is 1.63. The van der Waals surface area contributed by atoms with Gasteiger partial charge in [-0.25, -0.2) is 29.1 Å².